The molecule has 0 aromatic heterocycles. The van der Waals surface area contributed by atoms with Crippen LogP contribution in [0, 0.1) is 5.82 Å². The van der Waals surface area contributed by atoms with Crippen LogP contribution in [0.15, 0.2) is 18.2 Å². The number of hydrogen-bond donors (Lipinski definition) is 5. The Morgan fingerprint density at radius 1 is 1.26 bits per heavy atom. The first kappa shape index (κ1) is 21.4. The van der Waals surface area contributed by atoms with Crippen LogP contribution in [0.25, 0.3) is 0 Å². The fraction of sp³-hybridized carbons (Fsp3) is 0.647. The van der Waals surface area contributed by atoms with E-state index in [1.807, 2.05) is 0 Å². The van der Waals surface area contributed by atoms with Crippen molar-refractivity contribution in [1.29, 1.82) is 0 Å². The Morgan fingerprint density at radius 2 is 2.00 bits per heavy atom. The zero-order valence-corrected chi connectivity index (χ0v) is 16.8. The Labute approximate surface area is 165 Å². The van der Waals surface area contributed by atoms with E-state index in [1.54, 1.807) is 0 Å². The van der Waals surface area contributed by atoms with Crippen LogP contribution < -0.4 is 0 Å². The van der Waals surface area contributed by atoms with Crippen LogP contribution in [0.1, 0.15) is 11.9 Å². The molecular weight excluding hydrogens is 450 g/mol. The second-order valence-electron chi connectivity index (χ2n) is 6.72. The fourth-order valence-corrected chi connectivity index (χ4v) is 9.20. The molecule has 8 atom stereocenters. The molecule has 152 valence electrons. The summed E-state index contributed by atoms with van der Waals surface area (Å²) >= 11 is 4.33. The predicted octanol–water partition coefficient (Wildman–Crippen LogP) is 0.208. The molecule has 2 saturated heterocycles. The van der Waals surface area contributed by atoms with E-state index in [0.29, 0.717) is 5.32 Å². The molecule has 0 spiro atoms. The zero-order valence-electron chi connectivity index (χ0n) is 14.3. The van der Waals surface area contributed by atoms with Crippen LogP contribution in [-0.2, 0) is 9.47 Å². The van der Waals surface area contributed by atoms with Crippen molar-refractivity contribution in [3.8, 4) is 0 Å². The number of benzene rings is 1. The first-order valence-electron chi connectivity index (χ1n) is 8.53. The molecule has 10 heteroatoms. The van der Waals surface area contributed by atoms with Crippen molar-refractivity contribution in [2.75, 3.05) is 13.2 Å². The van der Waals surface area contributed by atoms with E-state index in [9.17, 15) is 29.9 Å². The van der Waals surface area contributed by atoms with Gasteiger partial charge in [0.1, 0.15) is 0 Å². The van der Waals surface area contributed by atoms with Gasteiger partial charge in [-0.25, -0.2) is 0 Å². The number of halogens is 2. The van der Waals surface area contributed by atoms with Gasteiger partial charge in [-0.1, -0.05) is 0 Å². The van der Waals surface area contributed by atoms with Gasteiger partial charge in [0, 0.05) is 0 Å². The number of ether oxygens (including phenoxy) is 2. The third kappa shape index (κ3) is 4.64. The Balaban J connectivity index is 1.70. The molecular formula is C17H23ClFO7Se+. The molecule has 1 unspecified atom stereocenters. The average Bonchev–Trinajstić information content (AvgIpc) is 2.90. The van der Waals surface area contributed by atoms with Gasteiger partial charge < -0.3 is 0 Å². The summed E-state index contributed by atoms with van der Waals surface area (Å²) in [6.45, 7) is -0.396. The quantitative estimate of drug-likeness (QED) is 0.389. The van der Waals surface area contributed by atoms with E-state index in [2.05, 4.69) is 0 Å². The summed E-state index contributed by atoms with van der Waals surface area (Å²) in [5.41, 5.74) is 0.261. The molecule has 27 heavy (non-hydrogen) atoms. The van der Waals surface area contributed by atoms with Gasteiger partial charge in [0.25, 0.3) is 0 Å². The number of aliphatic hydroxyl groups excluding tert-OH is 5. The summed E-state index contributed by atoms with van der Waals surface area (Å²) in [7, 11) is 0. The molecule has 0 amide bonds. The third-order valence-electron chi connectivity index (χ3n) is 4.82. The summed E-state index contributed by atoms with van der Waals surface area (Å²) in [6.07, 6.45) is -6.15. The monoisotopic (exact) mass is 473 g/mol. The SMILES string of the molecule is OC[C@@H]1[C@@H](O)[C@H](O)C[Se@+]1C[C@@H](O)[C@H]1OC(c2cc(F)ccc2Cl)OC[C@H]1O. The Kier molecular flexibility index (Phi) is 7.13. The van der Waals surface area contributed by atoms with Crippen molar-refractivity contribution in [1.82, 2.24) is 0 Å². The molecule has 1 aromatic rings. The Bertz CT molecular complexity index is 654. The van der Waals surface area contributed by atoms with E-state index in [4.69, 9.17) is 21.1 Å². The van der Waals surface area contributed by atoms with Gasteiger partial charge in [-0.05, 0) is 0 Å². The van der Waals surface area contributed by atoms with Crippen LogP contribution in [0.3, 0.4) is 0 Å². The summed E-state index contributed by atoms with van der Waals surface area (Å²) in [5, 5.41) is 50.9. The minimum absolute atomic E-state index is 0.126. The number of rotatable bonds is 5. The fourth-order valence-electron chi connectivity index (χ4n) is 3.36. The topological polar surface area (TPSA) is 120 Å². The minimum atomic E-state index is -1.74. The Hall–Kier alpha value is -0.321. The summed E-state index contributed by atoms with van der Waals surface area (Å²) in [5.74, 6) is -0.517. The van der Waals surface area contributed by atoms with Crippen molar-refractivity contribution in [2.24, 2.45) is 0 Å². The van der Waals surface area contributed by atoms with E-state index < -0.39 is 61.3 Å². The van der Waals surface area contributed by atoms with Crippen molar-refractivity contribution in [2.45, 2.75) is 52.3 Å². The molecule has 3 rings (SSSR count). The number of hydrogen-bond acceptors (Lipinski definition) is 7. The first-order valence-corrected chi connectivity index (χ1v) is 12.3. The van der Waals surface area contributed by atoms with Crippen molar-refractivity contribution in [3.05, 3.63) is 34.6 Å². The van der Waals surface area contributed by atoms with Gasteiger partial charge >= 0.3 is 165 Å². The second kappa shape index (κ2) is 9.00. The van der Waals surface area contributed by atoms with E-state index >= 15 is 0 Å². The van der Waals surface area contributed by atoms with Crippen molar-refractivity contribution in [3.63, 3.8) is 0 Å². The molecule has 2 aliphatic heterocycles. The van der Waals surface area contributed by atoms with Crippen LogP contribution in [0.2, 0.25) is 20.5 Å². The molecule has 5 N–H and O–H groups in total. The van der Waals surface area contributed by atoms with Crippen molar-refractivity contribution < 1.29 is 39.4 Å². The molecule has 1 aromatic carbocycles. The average molecular weight is 473 g/mol. The van der Waals surface area contributed by atoms with Crippen LogP contribution in [-0.4, -0.2) is 83.2 Å². The maximum absolute atomic E-state index is 13.5. The van der Waals surface area contributed by atoms with Gasteiger partial charge in [-0.3, -0.25) is 0 Å². The predicted molar refractivity (Wildman–Crippen MR) is 95.2 cm³/mol. The molecule has 0 aliphatic carbocycles. The molecule has 2 aliphatic rings. The van der Waals surface area contributed by atoms with Crippen LogP contribution in [0.4, 0.5) is 4.39 Å². The van der Waals surface area contributed by atoms with E-state index in [-0.39, 0.29) is 29.1 Å². The molecule has 2 fully saturated rings. The Morgan fingerprint density at radius 3 is 2.70 bits per heavy atom. The zero-order chi connectivity index (χ0) is 19.7. The van der Waals surface area contributed by atoms with Gasteiger partial charge in [0.2, 0.25) is 0 Å². The first-order chi connectivity index (χ1) is 12.8. The van der Waals surface area contributed by atoms with Gasteiger partial charge in [0.05, 0.1) is 0 Å². The summed E-state index contributed by atoms with van der Waals surface area (Å²) < 4.78 is 24.6. The van der Waals surface area contributed by atoms with Crippen molar-refractivity contribution >= 4 is 25.5 Å². The maximum atomic E-state index is 13.5. The van der Waals surface area contributed by atoms with E-state index in [0.717, 1.165) is 0 Å². The second-order valence-corrected chi connectivity index (χ2v) is 12.0. The van der Waals surface area contributed by atoms with Gasteiger partial charge in [-0.2, -0.15) is 0 Å². The third-order valence-corrected chi connectivity index (χ3v) is 11.1. The molecule has 7 nitrogen and oxygen atoms in total. The standard InChI is InChI=1S/C17H23ClFO7Se/c18-10-2-1-8(19)3-9(10)17-25-5-11(21)16(26-17)13(23)7-27-6-12(22)15(24)14(27)4-20/h1-3,11-17,20-24H,4-7H2/q+1/t11-,12-,13-,14-,15+,16+,17?,27-/m1/s1. The molecule has 2 heterocycles. The molecule has 0 saturated carbocycles. The normalized spacial score (nSPS) is 38.1. The summed E-state index contributed by atoms with van der Waals surface area (Å²) in [4.78, 5) is -0.444. The molecule has 0 bridgehead atoms. The van der Waals surface area contributed by atoms with Gasteiger partial charge in [0.15, 0.2) is 0 Å². The van der Waals surface area contributed by atoms with Crippen LogP contribution in [0.5, 0.6) is 0 Å². The van der Waals surface area contributed by atoms with E-state index in [1.165, 1.54) is 18.2 Å². The van der Waals surface area contributed by atoms with Gasteiger partial charge in [-0.15, -0.1) is 0 Å². The van der Waals surface area contributed by atoms with Crippen LogP contribution >= 0.6 is 11.6 Å². The summed E-state index contributed by atoms with van der Waals surface area (Å²) in [6, 6.07) is 3.74. The number of aliphatic hydroxyl groups is 5. The molecule has 0 radical (unpaired) electrons.